The molecule has 0 heterocycles. The zero-order chi connectivity index (χ0) is 59.2. The number of carbonyl (C=O) groups is 3. The number of allylic oxidation sites excluding steroid dienone is 16. The molecule has 0 aromatic carbocycles. The molecular weight excluding hydrogens is 1010 g/mol. The maximum absolute atomic E-state index is 12.9. The van der Waals surface area contributed by atoms with E-state index < -0.39 is 6.10 Å². The number of carbonyl (C=O) groups excluding carboxylic acids is 3. The molecule has 472 valence electrons. The second-order valence-corrected chi connectivity index (χ2v) is 23.4. The molecule has 6 heteroatoms. The third kappa shape index (κ3) is 67.1. The summed E-state index contributed by atoms with van der Waals surface area (Å²) in [5.41, 5.74) is 0. The molecule has 6 nitrogen and oxygen atoms in total. The van der Waals surface area contributed by atoms with Gasteiger partial charge < -0.3 is 14.2 Å². The standard InChI is InChI=1S/C76H132O6/c1-4-7-10-13-16-19-22-25-28-30-31-32-33-34-35-36-37-38-39-40-41-42-43-44-45-47-48-51-54-57-60-63-66-69-75(78)81-72-73(71-80-74(77)68-65-62-59-56-53-50-27-24-21-18-15-12-9-6-3)82-76(79)70-67-64-61-58-55-52-49-46-29-26-23-20-17-14-11-8-5-2/h7,10,16-17,19-20,25-26,28-29,31-32,34-35,37-38,73H,4-6,8-9,11-15,18,21-24,27,30,33,36,39-72H2,1-3H3/b10-7-,19-16-,20-17-,28-25-,29-26-,32-31-,35-34-,38-37-. The molecule has 0 saturated heterocycles. The van der Waals surface area contributed by atoms with Crippen molar-refractivity contribution in [1.29, 1.82) is 0 Å². The van der Waals surface area contributed by atoms with Crippen molar-refractivity contribution >= 4 is 17.9 Å². The summed E-state index contributed by atoms with van der Waals surface area (Å²) in [6.45, 7) is 6.54. The summed E-state index contributed by atoms with van der Waals surface area (Å²) in [5.74, 6) is -0.867. The van der Waals surface area contributed by atoms with Crippen LogP contribution in [0.25, 0.3) is 0 Å². The van der Waals surface area contributed by atoms with Crippen molar-refractivity contribution in [2.75, 3.05) is 13.2 Å². The molecule has 0 aliphatic heterocycles. The van der Waals surface area contributed by atoms with Crippen LogP contribution >= 0.6 is 0 Å². The lowest BCUT2D eigenvalue weighted by molar-refractivity contribution is -0.167. The largest absolute Gasteiger partial charge is 0.462 e. The number of esters is 3. The fourth-order valence-corrected chi connectivity index (χ4v) is 10.1. The van der Waals surface area contributed by atoms with Gasteiger partial charge in [0, 0.05) is 19.3 Å². The first-order chi connectivity index (χ1) is 40.5. The van der Waals surface area contributed by atoms with Gasteiger partial charge in [-0.05, 0) is 103 Å². The van der Waals surface area contributed by atoms with Crippen LogP contribution in [-0.2, 0) is 28.6 Å². The molecule has 0 aromatic rings. The molecule has 0 bridgehead atoms. The Balaban J connectivity index is 4.21. The lowest BCUT2D eigenvalue weighted by Gasteiger charge is -2.18. The zero-order valence-corrected chi connectivity index (χ0v) is 54.2. The Bertz CT molecular complexity index is 1590. The third-order valence-corrected chi connectivity index (χ3v) is 15.3. The van der Waals surface area contributed by atoms with E-state index in [1.165, 1.54) is 199 Å². The maximum atomic E-state index is 12.9. The number of ether oxygens (including phenoxy) is 3. The Morgan fingerprint density at radius 2 is 0.476 bits per heavy atom. The van der Waals surface area contributed by atoms with Crippen molar-refractivity contribution in [2.45, 2.75) is 354 Å². The Labute approximate surface area is 508 Å². The first kappa shape index (κ1) is 78.3. The van der Waals surface area contributed by atoms with Crippen LogP contribution in [-0.4, -0.2) is 37.2 Å². The average molecular weight is 1140 g/mol. The number of hydrogen-bond donors (Lipinski definition) is 0. The van der Waals surface area contributed by atoms with E-state index in [-0.39, 0.29) is 31.1 Å². The van der Waals surface area contributed by atoms with Gasteiger partial charge in [-0.1, -0.05) is 323 Å². The molecule has 0 saturated carbocycles. The summed E-state index contributed by atoms with van der Waals surface area (Å²) in [6.07, 6.45) is 94.3. The molecule has 0 radical (unpaired) electrons. The van der Waals surface area contributed by atoms with E-state index >= 15 is 0 Å². The molecule has 0 aromatic heterocycles. The van der Waals surface area contributed by atoms with Crippen molar-refractivity contribution < 1.29 is 28.6 Å². The monoisotopic (exact) mass is 1140 g/mol. The number of rotatable bonds is 64. The lowest BCUT2D eigenvalue weighted by Crippen LogP contribution is -2.30. The molecule has 1 atom stereocenters. The predicted molar refractivity (Wildman–Crippen MR) is 357 cm³/mol. The highest BCUT2D eigenvalue weighted by molar-refractivity contribution is 5.71. The normalized spacial score (nSPS) is 12.7. The van der Waals surface area contributed by atoms with Crippen LogP contribution < -0.4 is 0 Å². The van der Waals surface area contributed by atoms with Gasteiger partial charge in [0.15, 0.2) is 6.10 Å². The van der Waals surface area contributed by atoms with Crippen LogP contribution in [0.2, 0.25) is 0 Å². The highest BCUT2D eigenvalue weighted by Gasteiger charge is 2.19. The van der Waals surface area contributed by atoms with E-state index in [4.69, 9.17) is 14.2 Å². The van der Waals surface area contributed by atoms with Gasteiger partial charge in [0.2, 0.25) is 0 Å². The quantitative estimate of drug-likeness (QED) is 0.0261. The summed E-state index contributed by atoms with van der Waals surface area (Å²) in [7, 11) is 0. The van der Waals surface area contributed by atoms with E-state index in [2.05, 4.69) is 118 Å². The summed E-state index contributed by atoms with van der Waals surface area (Å²) in [5, 5.41) is 0. The Morgan fingerprint density at radius 1 is 0.256 bits per heavy atom. The minimum atomic E-state index is -0.780. The van der Waals surface area contributed by atoms with Crippen LogP contribution in [0.5, 0.6) is 0 Å². The number of unbranched alkanes of at least 4 members (excludes halogenated alkanes) is 37. The van der Waals surface area contributed by atoms with Crippen molar-refractivity contribution in [2.24, 2.45) is 0 Å². The van der Waals surface area contributed by atoms with Gasteiger partial charge in [0.1, 0.15) is 13.2 Å². The van der Waals surface area contributed by atoms with Crippen molar-refractivity contribution in [3.8, 4) is 0 Å². The zero-order valence-electron chi connectivity index (χ0n) is 54.2. The van der Waals surface area contributed by atoms with Gasteiger partial charge in [-0.15, -0.1) is 0 Å². The molecule has 0 N–H and O–H groups in total. The fraction of sp³-hybridized carbons (Fsp3) is 0.750. The van der Waals surface area contributed by atoms with Gasteiger partial charge >= 0.3 is 17.9 Å². The second-order valence-electron chi connectivity index (χ2n) is 23.4. The average Bonchev–Trinajstić information content (AvgIpc) is 3.47. The van der Waals surface area contributed by atoms with Crippen molar-refractivity contribution in [3.05, 3.63) is 97.2 Å². The van der Waals surface area contributed by atoms with E-state index in [1.54, 1.807) is 0 Å². The first-order valence-corrected chi connectivity index (χ1v) is 35.2. The molecule has 0 rings (SSSR count). The summed E-state index contributed by atoms with van der Waals surface area (Å²) in [6, 6.07) is 0. The third-order valence-electron chi connectivity index (χ3n) is 15.3. The van der Waals surface area contributed by atoms with Crippen LogP contribution in [0.4, 0.5) is 0 Å². The molecule has 0 aliphatic rings. The summed E-state index contributed by atoms with van der Waals surface area (Å²) < 4.78 is 17.0. The Hall–Kier alpha value is -3.67. The first-order valence-electron chi connectivity index (χ1n) is 35.2. The van der Waals surface area contributed by atoms with E-state index in [0.29, 0.717) is 19.3 Å². The summed E-state index contributed by atoms with van der Waals surface area (Å²) in [4.78, 5) is 38.4. The van der Waals surface area contributed by atoms with Gasteiger partial charge in [-0.2, -0.15) is 0 Å². The van der Waals surface area contributed by atoms with Gasteiger partial charge in [-0.3, -0.25) is 14.4 Å². The highest BCUT2D eigenvalue weighted by Crippen LogP contribution is 2.17. The van der Waals surface area contributed by atoms with E-state index in [0.717, 1.165) is 109 Å². The topological polar surface area (TPSA) is 78.9 Å². The maximum Gasteiger partial charge on any atom is 0.306 e. The van der Waals surface area contributed by atoms with Crippen LogP contribution in [0.15, 0.2) is 97.2 Å². The van der Waals surface area contributed by atoms with E-state index in [1.807, 2.05) is 0 Å². The van der Waals surface area contributed by atoms with Gasteiger partial charge in [-0.25, -0.2) is 0 Å². The van der Waals surface area contributed by atoms with Crippen molar-refractivity contribution in [3.63, 3.8) is 0 Å². The van der Waals surface area contributed by atoms with Crippen LogP contribution in [0.1, 0.15) is 348 Å². The van der Waals surface area contributed by atoms with Crippen LogP contribution in [0, 0.1) is 0 Å². The summed E-state index contributed by atoms with van der Waals surface area (Å²) >= 11 is 0. The Kier molecular flexibility index (Phi) is 66.7. The molecule has 0 fully saturated rings. The van der Waals surface area contributed by atoms with Gasteiger partial charge in [0.25, 0.3) is 0 Å². The molecule has 1 unspecified atom stereocenters. The molecule has 0 aliphatic carbocycles. The van der Waals surface area contributed by atoms with Crippen LogP contribution in [0.3, 0.4) is 0 Å². The van der Waals surface area contributed by atoms with E-state index in [9.17, 15) is 14.4 Å². The number of hydrogen-bond acceptors (Lipinski definition) is 6. The smallest absolute Gasteiger partial charge is 0.306 e. The molecule has 82 heavy (non-hydrogen) atoms. The SMILES string of the molecule is CC/C=C\C/C=C\C/C=C\C/C=C\C/C=C\C/C=C\CCCCCCCCCCCCCCCCC(=O)OCC(COC(=O)CCCCCCCCCCCCCCCC)OC(=O)CCCCCCCCC/C=C\C/C=C\CCCCC. The van der Waals surface area contributed by atoms with Crippen molar-refractivity contribution in [1.82, 2.24) is 0 Å². The Morgan fingerprint density at radius 3 is 0.768 bits per heavy atom. The molecule has 0 amide bonds. The highest BCUT2D eigenvalue weighted by atomic mass is 16.6. The second kappa shape index (κ2) is 69.8. The lowest BCUT2D eigenvalue weighted by atomic mass is 10.0. The minimum absolute atomic E-state index is 0.0757. The predicted octanol–water partition coefficient (Wildman–Crippen LogP) is 24.4. The fourth-order valence-electron chi connectivity index (χ4n) is 10.1. The molecular formula is C76H132O6. The minimum Gasteiger partial charge on any atom is -0.462 e. The van der Waals surface area contributed by atoms with Gasteiger partial charge in [0.05, 0.1) is 0 Å². The molecule has 0 spiro atoms.